The molecule has 100 valence electrons. The topological polar surface area (TPSA) is 87.8 Å². The van der Waals surface area contributed by atoms with Crippen LogP contribution in [0.2, 0.25) is 0 Å². The molecule has 17 heavy (non-hydrogen) atoms. The minimum Gasteiger partial charge on any atom is -0.444 e. The van der Waals surface area contributed by atoms with Crippen LogP contribution in [0.3, 0.4) is 0 Å². The van der Waals surface area contributed by atoms with E-state index in [-0.39, 0.29) is 6.61 Å². The van der Waals surface area contributed by atoms with Gasteiger partial charge in [-0.3, -0.25) is 10.2 Å². The molecular formula is C10H20ClN3O3. The molecule has 1 heterocycles. The highest BCUT2D eigenvalue weighted by Gasteiger charge is 2.38. The summed E-state index contributed by atoms with van der Waals surface area (Å²) in [5.41, 5.74) is 4.67. The maximum Gasteiger partial charge on any atom is 0.412 e. The van der Waals surface area contributed by atoms with E-state index >= 15 is 0 Å². The number of halogens is 1. The number of hydrogen-bond donors (Lipinski definition) is 3. The van der Waals surface area contributed by atoms with Gasteiger partial charge in [0, 0.05) is 6.54 Å². The lowest BCUT2D eigenvalue weighted by Crippen LogP contribution is -2.67. The van der Waals surface area contributed by atoms with E-state index in [1.54, 1.807) is 20.8 Å². The van der Waals surface area contributed by atoms with E-state index < -0.39 is 29.4 Å². The monoisotopic (exact) mass is 265 g/mol. The zero-order valence-corrected chi connectivity index (χ0v) is 11.1. The van der Waals surface area contributed by atoms with Crippen molar-refractivity contribution in [2.24, 2.45) is 5.73 Å². The van der Waals surface area contributed by atoms with E-state index in [0.717, 1.165) is 0 Å². The molecule has 0 aromatic carbocycles. The number of nitrogens with two attached hydrogens (primary N) is 1. The molecule has 0 aromatic rings. The van der Waals surface area contributed by atoms with Gasteiger partial charge in [0.05, 0.1) is 12.6 Å². The van der Waals surface area contributed by atoms with Crippen LogP contribution >= 0.6 is 11.6 Å². The molecule has 1 aliphatic rings. The van der Waals surface area contributed by atoms with Gasteiger partial charge < -0.3 is 15.6 Å². The number of aliphatic hydroxyl groups is 1. The molecule has 1 rings (SSSR count). The smallest absolute Gasteiger partial charge is 0.412 e. The molecule has 6 nitrogen and oxygen atoms in total. The van der Waals surface area contributed by atoms with Gasteiger partial charge in [0.2, 0.25) is 0 Å². The SMILES string of the molecule is CC(C)(C)OC(=O)N1C(CO)CNC(Cl)C1N. The molecular weight excluding hydrogens is 246 g/mol. The van der Waals surface area contributed by atoms with Crippen molar-refractivity contribution in [3.8, 4) is 0 Å². The van der Waals surface area contributed by atoms with Gasteiger partial charge in [-0.05, 0) is 20.8 Å². The number of nitrogens with zero attached hydrogens (tertiary/aromatic N) is 1. The number of ether oxygens (including phenoxy) is 1. The molecule has 3 unspecified atom stereocenters. The summed E-state index contributed by atoms with van der Waals surface area (Å²) in [6.07, 6.45) is -1.28. The van der Waals surface area contributed by atoms with Crippen LogP contribution in [0.15, 0.2) is 0 Å². The molecule has 0 aliphatic carbocycles. The number of piperazine rings is 1. The Labute approximate surface area is 106 Å². The molecule has 0 radical (unpaired) electrons. The van der Waals surface area contributed by atoms with Crippen LogP contribution in [0.1, 0.15) is 20.8 Å². The standard InChI is InChI=1S/C10H20ClN3O3/c1-10(2,3)17-9(16)14-6(5-15)4-13-7(11)8(14)12/h6-8,13,15H,4-5,12H2,1-3H3. The van der Waals surface area contributed by atoms with Crippen molar-refractivity contribution in [1.29, 1.82) is 0 Å². The summed E-state index contributed by atoms with van der Waals surface area (Å²) in [4.78, 5) is 13.3. The van der Waals surface area contributed by atoms with E-state index in [9.17, 15) is 9.90 Å². The molecule has 1 saturated heterocycles. The predicted molar refractivity (Wildman–Crippen MR) is 64.6 cm³/mol. The van der Waals surface area contributed by atoms with Crippen molar-refractivity contribution < 1.29 is 14.6 Å². The van der Waals surface area contributed by atoms with Gasteiger partial charge in [0.25, 0.3) is 0 Å². The zero-order chi connectivity index (χ0) is 13.2. The number of hydrogen-bond acceptors (Lipinski definition) is 5. The second kappa shape index (κ2) is 5.39. The number of alkyl halides is 1. The third-order valence-electron chi connectivity index (χ3n) is 2.38. The number of carbonyl (C=O) groups excluding carboxylic acids is 1. The van der Waals surface area contributed by atoms with E-state index in [1.165, 1.54) is 4.90 Å². The average molecular weight is 266 g/mol. The molecule has 4 N–H and O–H groups in total. The van der Waals surface area contributed by atoms with E-state index in [1.807, 2.05) is 0 Å². The van der Waals surface area contributed by atoms with Gasteiger partial charge >= 0.3 is 6.09 Å². The fourth-order valence-corrected chi connectivity index (χ4v) is 1.80. The molecule has 0 saturated carbocycles. The minimum atomic E-state index is -0.725. The summed E-state index contributed by atoms with van der Waals surface area (Å²) in [6, 6.07) is -0.421. The number of amides is 1. The van der Waals surface area contributed by atoms with Crippen LogP contribution in [-0.2, 0) is 4.74 Å². The Morgan fingerprint density at radius 1 is 1.65 bits per heavy atom. The normalized spacial score (nSPS) is 30.2. The first-order valence-corrected chi connectivity index (χ1v) is 5.95. The van der Waals surface area contributed by atoms with Crippen molar-refractivity contribution in [3.63, 3.8) is 0 Å². The van der Waals surface area contributed by atoms with Crippen LogP contribution < -0.4 is 11.1 Å². The van der Waals surface area contributed by atoms with Crippen molar-refractivity contribution in [3.05, 3.63) is 0 Å². The average Bonchev–Trinajstić information content (AvgIpc) is 2.19. The second-order valence-electron chi connectivity index (χ2n) is 5.02. The maximum atomic E-state index is 12.0. The first-order chi connectivity index (χ1) is 7.76. The number of carbonyl (C=O) groups is 1. The van der Waals surface area contributed by atoms with Crippen LogP contribution in [0.5, 0.6) is 0 Å². The minimum absolute atomic E-state index is 0.191. The lowest BCUT2D eigenvalue weighted by molar-refractivity contribution is -0.0128. The van der Waals surface area contributed by atoms with Crippen LogP contribution in [0.25, 0.3) is 0 Å². The molecule has 1 fully saturated rings. The lowest BCUT2D eigenvalue weighted by Gasteiger charge is -2.42. The zero-order valence-electron chi connectivity index (χ0n) is 10.3. The Hall–Kier alpha value is -0.560. The highest BCUT2D eigenvalue weighted by Crippen LogP contribution is 2.18. The number of rotatable bonds is 1. The molecule has 0 bridgehead atoms. The van der Waals surface area contributed by atoms with E-state index in [2.05, 4.69) is 5.32 Å². The van der Waals surface area contributed by atoms with Crippen LogP contribution in [0.4, 0.5) is 4.79 Å². The molecule has 7 heteroatoms. The van der Waals surface area contributed by atoms with Crippen molar-refractivity contribution in [1.82, 2.24) is 10.2 Å². The van der Waals surface area contributed by atoms with Crippen LogP contribution in [0, 0.1) is 0 Å². The van der Waals surface area contributed by atoms with Crippen LogP contribution in [-0.4, -0.2) is 52.6 Å². The van der Waals surface area contributed by atoms with Crippen molar-refractivity contribution >= 4 is 17.7 Å². The molecule has 1 aliphatic heterocycles. The summed E-state index contributed by atoms with van der Waals surface area (Å²) in [6.45, 7) is 5.50. The Morgan fingerprint density at radius 3 is 2.71 bits per heavy atom. The Balaban J connectivity index is 2.78. The number of aliphatic hydroxyl groups excluding tert-OH is 1. The maximum absolute atomic E-state index is 12.0. The highest BCUT2D eigenvalue weighted by molar-refractivity contribution is 6.21. The Bertz CT molecular complexity index is 280. The third kappa shape index (κ3) is 3.70. The van der Waals surface area contributed by atoms with E-state index in [0.29, 0.717) is 6.54 Å². The lowest BCUT2D eigenvalue weighted by atomic mass is 10.1. The Kier molecular flexibility index (Phi) is 4.60. The fraction of sp³-hybridized carbons (Fsp3) is 0.900. The largest absolute Gasteiger partial charge is 0.444 e. The van der Waals surface area contributed by atoms with Gasteiger partial charge in [-0.15, -0.1) is 11.6 Å². The summed E-state index contributed by atoms with van der Waals surface area (Å²) in [5, 5.41) is 12.1. The highest BCUT2D eigenvalue weighted by atomic mass is 35.5. The predicted octanol–water partition coefficient (Wildman–Crippen LogP) is 0.0373. The van der Waals surface area contributed by atoms with Crippen molar-refractivity contribution in [2.75, 3.05) is 13.2 Å². The summed E-state index contributed by atoms with van der Waals surface area (Å²) in [7, 11) is 0. The molecule has 1 amide bonds. The first-order valence-electron chi connectivity index (χ1n) is 5.51. The van der Waals surface area contributed by atoms with Gasteiger partial charge in [0.1, 0.15) is 17.3 Å². The van der Waals surface area contributed by atoms with Gasteiger partial charge in [-0.1, -0.05) is 0 Å². The quantitative estimate of drug-likeness (QED) is 0.460. The molecule has 0 aromatic heterocycles. The number of nitrogens with one attached hydrogen (secondary N) is 1. The molecule has 3 atom stereocenters. The van der Waals surface area contributed by atoms with Gasteiger partial charge in [0.15, 0.2) is 0 Å². The fourth-order valence-electron chi connectivity index (χ4n) is 1.59. The summed E-state index contributed by atoms with van der Waals surface area (Å²) < 4.78 is 5.24. The summed E-state index contributed by atoms with van der Waals surface area (Å²) >= 11 is 5.93. The van der Waals surface area contributed by atoms with E-state index in [4.69, 9.17) is 22.1 Å². The Morgan fingerprint density at radius 2 is 2.24 bits per heavy atom. The van der Waals surface area contributed by atoms with Gasteiger partial charge in [-0.25, -0.2) is 4.79 Å². The van der Waals surface area contributed by atoms with Crippen molar-refractivity contribution in [2.45, 2.75) is 44.1 Å². The first kappa shape index (κ1) is 14.5. The second-order valence-corrected chi connectivity index (χ2v) is 5.49. The van der Waals surface area contributed by atoms with Gasteiger partial charge in [-0.2, -0.15) is 0 Å². The third-order valence-corrected chi connectivity index (χ3v) is 2.79. The molecule has 0 spiro atoms. The summed E-state index contributed by atoms with van der Waals surface area (Å²) in [5.74, 6) is 0.